The van der Waals surface area contributed by atoms with Crippen LogP contribution in [-0.4, -0.2) is 10.9 Å². The molecule has 2 rings (SSSR count). The van der Waals surface area contributed by atoms with Gasteiger partial charge < -0.3 is 10.4 Å². The van der Waals surface area contributed by atoms with E-state index in [1.807, 2.05) is 6.92 Å². The zero-order valence-corrected chi connectivity index (χ0v) is 12.7. The Kier molecular flexibility index (Phi) is 4.89. The second-order valence-electron chi connectivity index (χ2n) is 4.49. The Balaban J connectivity index is 2.10. The molecule has 108 valence electrons. The van der Waals surface area contributed by atoms with Crippen LogP contribution in [-0.2, 0) is 0 Å². The Hall–Kier alpha value is -1.97. The van der Waals surface area contributed by atoms with Gasteiger partial charge in [-0.1, -0.05) is 29.3 Å². The number of rotatable bonds is 4. The van der Waals surface area contributed by atoms with Gasteiger partial charge in [-0.15, -0.1) is 0 Å². The molecule has 0 bridgehead atoms. The fourth-order valence-electron chi connectivity index (χ4n) is 1.75. The number of benzene rings is 2. The van der Waals surface area contributed by atoms with Crippen molar-refractivity contribution in [1.29, 1.82) is 0 Å². The van der Waals surface area contributed by atoms with Crippen LogP contribution in [0.5, 0.6) is 5.75 Å². The maximum Gasteiger partial charge on any atom is 0.188 e. The monoisotopic (exact) mass is 321 g/mol. The number of halogens is 2. The van der Waals surface area contributed by atoms with Gasteiger partial charge >= 0.3 is 0 Å². The molecule has 0 aliphatic carbocycles. The third-order valence-corrected chi connectivity index (χ3v) is 3.37. The quantitative estimate of drug-likeness (QED) is 0.482. The minimum Gasteiger partial charge on any atom is -0.506 e. The number of phenolic OH excluding ortho intramolecular Hbond substituents is 1. The number of anilines is 1. The largest absolute Gasteiger partial charge is 0.506 e. The first-order valence-corrected chi connectivity index (χ1v) is 6.95. The average Bonchev–Trinajstić information content (AvgIpc) is 2.42. The first-order chi connectivity index (χ1) is 9.97. The van der Waals surface area contributed by atoms with Crippen molar-refractivity contribution in [2.45, 2.75) is 6.92 Å². The lowest BCUT2D eigenvalue weighted by Gasteiger charge is -2.05. The number of phenols is 1. The molecule has 5 heteroatoms. The fourth-order valence-corrected chi connectivity index (χ4v) is 2.25. The number of aryl methyl sites for hydroxylation is 1. The minimum atomic E-state index is -0.253. The van der Waals surface area contributed by atoms with E-state index in [-0.39, 0.29) is 11.5 Å². The summed E-state index contributed by atoms with van der Waals surface area (Å²) in [7, 11) is 0. The predicted octanol–water partition coefficient (Wildman–Crippen LogP) is 4.82. The van der Waals surface area contributed by atoms with Crippen LogP contribution in [0.15, 0.2) is 48.7 Å². The first kappa shape index (κ1) is 15.4. The van der Waals surface area contributed by atoms with E-state index in [0.717, 1.165) is 5.56 Å². The molecule has 0 spiro atoms. The number of nitrogens with one attached hydrogen (secondary N) is 1. The third kappa shape index (κ3) is 4.00. The van der Waals surface area contributed by atoms with Gasteiger partial charge in [0.15, 0.2) is 5.78 Å². The van der Waals surface area contributed by atoms with Gasteiger partial charge in [-0.25, -0.2) is 0 Å². The van der Waals surface area contributed by atoms with E-state index in [1.165, 1.54) is 18.3 Å². The number of hydrogen-bond donors (Lipinski definition) is 2. The Labute approximate surface area is 132 Å². The molecule has 0 amide bonds. The van der Waals surface area contributed by atoms with Crippen LogP contribution in [0, 0.1) is 6.92 Å². The summed E-state index contributed by atoms with van der Waals surface area (Å²) in [6.45, 7) is 1.91. The van der Waals surface area contributed by atoms with Crippen molar-refractivity contribution in [3.63, 3.8) is 0 Å². The van der Waals surface area contributed by atoms with Crippen molar-refractivity contribution in [3.8, 4) is 5.75 Å². The molecule has 0 unspecified atom stereocenters. The second kappa shape index (κ2) is 6.66. The van der Waals surface area contributed by atoms with Crippen molar-refractivity contribution < 1.29 is 9.90 Å². The lowest BCUT2D eigenvalue weighted by atomic mass is 10.1. The molecular formula is C16H13Cl2NO2. The molecule has 0 radical (unpaired) electrons. The zero-order valence-electron chi connectivity index (χ0n) is 11.2. The third-order valence-electron chi connectivity index (χ3n) is 2.82. The van der Waals surface area contributed by atoms with Crippen LogP contribution in [0.2, 0.25) is 10.0 Å². The van der Waals surface area contributed by atoms with Crippen LogP contribution in [0.3, 0.4) is 0 Å². The summed E-state index contributed by atoms with van der Waals surface area (Å²) in [6.07, 6.45) is 2.80. The van der Waals surface area contributed by atoms with Gasteiger partial charge in [-0.3, -0.25) is 4.79 Å². The summed E-state index contributed by atoms with van der Waals surface area (Å²) < 4.78 is 0. The van der Waals surface area contributed by atoms with Crippen molar-refractivity contribution in [2.24, 2.45) is 0 Å². The highest BCUT2D eigenvalue weighted by molar-refractivity contribution is 6.37. The smallest absolute Gasteiger partial charge is 0.188 e. The second-order valence-corrected chi connectivity index (χ2v) is 5.33. The van der Waals surface area contributed by atoms with E-state index < -0.39 is 0 Å². The van der Waals surface area contributed by atoms with Crippen LogP contribution in [0.1, 0.15) is 15.9 Å². The average molecular weight is 322 g/mol. The van der Waals surface area contributed by atoms with Gasteiger partial charge in [0.25, 0.3) is 0 Å². The summed E-state index contributed by atoms with van der Waals surface area (Å²) in [5.74, 6) is -0.140. The van der Waals surface area contributed by atoms with Crippen molar-refractivity contribution in [3.05, 3.63) is 69.8 Å². The molecule has 0 aliphatic heterocycles. The standard InChI is InChI=1S/C16H13Cl2NO2/c1-10-2-5-16(21)14(8-10)19-7-6-15(20)12-4-3-11(17)9-13(12)18/h2-9,19,21H,1H3. The molecule has 0 aromatic heterocycles. The van der Waals surface area contributed by atoms with Crippen molar-refractivity contribution >= 4 is 34.7 Å². The number of allylic oxidation sites excluding steroid dienone is 1. The van der Waals surface area contributed by atoms with Gasteiger partial charge in [0.2, 0.25) is 0 Å². The zero-order chi connectivity index (χ0) is 15.4. The lowest BCUT2D eigenvalue weighted by Crippen LogP contribution is -1.97. The number of hydrogen-bond acceptors (Lipinski definition) is 3. The highest BCUT2D eigenvalue weighted by Crippen LogP contribution is 2.24. The summed E-state index contributed by atoms with van der Waals surface area (Å²) in [4.78, 5) is 12.0. The van der Waals surface area contributed by atoms with Crippen LogP contribution in [0.4, 0.5) is 5.69 Å². The molecule has 0 atom stereocenters. The molecule has 0 aliphatic rings. The van der Waals surface area contributed by atoms with Gasteiger partial charge in [0, 0.05) is 22.9 Å². The van der Waals surface area contributed by atoms with Crippen molar-refractivity contribution in [1.82, 2.24) is 0 Å². The highest BCUT2D eigenvalue weighted by atomic mass is 35.5. The number of carbonyl (C=O) groups excluding carboxylic acids is 1. The summed E-state index contributed by atoms with van der Waals surface area (Å²) in [5, 5.41) is 13.3. The number of aromatic hydroxyl groups is 1. The topological polar surface area (TPSA) is 49.3 Å². The Bertz CT molecular complexity index is 711. The molecule has 3 nitrogen and oxygen atoms in total. The molecule has 2 aromatic rings. The van der Waals surface area contributed by atoms with Gasteiger partial charge in [0.05, 0.1) is 10.7 Å². The van der Waals surface area contributed by atoms with Gasteiger partial charge in [-0.2, -0.15) is 0 Å². The van der Waals surface area contributed by atoms with E-state index in [4.69, 9.17) is 23.2 Å². The SMILES string of the molecule is Cc1ccc(O)c(NC=CC(=O)c2ccc(Cl)cc2Cl)c1. The van der Waals surface area contributed by atoms with Crippen LogP contribution in [0.25, 0.3) is 0 Å². The van der Waals surface area contributed by atoms with Crippen molar-refractivity contribution in [2.75, 3.05) is 5.32 Å². The first-order valence-electron chi connectivity index (χ1n) is 6.19. The normalized spacial score (nSPS) is 10.8. The van der Waals surface area contributed by atoms with Gasteiger partial charge in [-0.05, 0) is 42.8 Å². The van der Waals surface area contributed by atoms with Crippen LogP contribution < -0.4 is 5.32 Å². The predicted molar refractivity (Wildman–Crippen MR) is 86.4 cm³/mol. The van der Waals surface area contributed by atoms with Crippen LogP contribution >= 0.6 is 23.2 Å². The van der Waals surface area contributed by atoms with Gasteiger partial charge in [0.1, 0.15) is 5.75 Å². The Morgan fingerprint density at radius 3 is 2.67 bits per heavy atom. The van der Waals surface area contributed by atoms with E-state index in [0.29, 0.717) is 21.3 Å². The Morgan fingerprint density at radius 1 is 1.19 bits per heavy atom. The molecule has 2 aromatic carbocycles. The Morgan fingerprint density at radius 2 is 1.95 bits per heavy atom. The van der Waals surface area contributed by atoms with E-state index >= 15 is 0 Å². The molecule has 21 heavy (non-hydrogen) atoms. The van der Waals surface area contributed by atoms with E-state index in [1.54, 1.807) is 30.3 Å². The molecule has 0 saturated carbocycles. The molecule has 2 N–H and O–H groups in total. The number of ketones is 1. The maximum atomic E-state index is 12.0. The molecule has 0 fully saturated rings. The fraction of sp³-hybridized carbons (Fsp3) is 0.0625. The highest BCUT2D eigenvalue weighted by Gasteiger charge is 2.07. The summed E-state index contributed by atoms with van der Waals surface area (Å²) >= 11 is 11.8. The van der Waals surface area contributed by atoms with E-state index in [2.05, 4.69) is 5.32 Å². The summed E-state index contributed by atoms with van der Waals surface area (Å²) in [5.41, 5.74) is 1.89. The van der Waals surface area contributed by atoms with E-state index in [9.17, 15) is 9.90 Å². The lowest BCUT2D eigenvalue weighted by molar-refractivity contribution is 0.104. The maximum absolute atomic E-state index is 12.0. The number of carbonyl (C=O) groups is 1. The summed E-state index contributed by atoms with van der Waals surface area (Å²) in [6, 6.07) is 9.85. The molecule has 0 heterocycles. The minimum absolute atomic E-state index is 0.113. The molecular weight excluding hydrogens is 309 g/mol. The molecule has 0 saturated heterocycles.